The molecule has 160 valence electrons. The molecule has 1 heterocycles. The van der Waals surface area contributed by atoms with Crippen LogP contribution in [0.15, 0.2) is 47.4 Å². The van der Waals surface area contributed by atoms with Crippen molar-refractivity contribution in [1.29, 1.82) is 0 Å². The van der Waals surface area contributed by atoms with Gasteiger partial charge in [0.25, 0.3) is 5.91 Å². The number of amides is 2. The maximum Gasteiger partial charge on any atom is 0.339 e. The first-order valence-electron chi connectivity index (χ1n) is 9.04. The van der Waals surface area contributed by atoms with Crippen LogP contribution in [0.1, 0.15) is 22.3 Å². The van der Waals surface area contributed by atoms with Gasteiger partial charge in [0.1, 0.15) is 21.4 Å². The molecule has 0 aromatic heterocycles. The largest absolute Gasteiger partial charge is 0.507 e. The summed E-state index contributed by atoms with van der Waals surface area (Å²) in [7, 11) is 1.55. The van der Waals surface area contributed by atoms with Gasteiger partial charge in [-0.2, -0.15) is 0 Å². The fourth-order valence-corrected chi connectivity index (χ4v) is 4.14. The molecule has 31 heavy (non-hydrogen) atoms. The van der Waals surface area contributed by atoms with Crippen molar-refractivity contribution in [3.63, 3.8) is 0 Å². The number of aromatic carboxylic acids is 1. The third-order valence-electron chi connectivity index (χ3n) is 4.37. The Morgan fingerprint density at radius 3 is 2.71 bits per heavy atom. The number of carboxylic acid groups (broad SMARTS) is 1. The van der Waals surface area contributed by atoms with Gasteiger partial charge >= 0.3 is 5.97 Å². The molecule has 0 bridgehead atoms. The van der Waals surface area contributed by atoms with Gasteiger partial charge in [-0.3, -0.25) is 14.5 Å². The van der Waals surface area contributed by atoms with Gasteiger partial charge in [0.15, 0.2) is 0 Å². The molecule has 1 saturated heterocycles. The Morgan fingerprint density at radius 2 is 2.00 bits per heavy atom. The molecule has 0 saturated carbocycles. The molecule has 1 aliphatic rings. The van der Waals surface area contributed by atoms with Crippen molar-refractivity contribution in [2.75, 3.05) is 19.0 Å². The van der Waals surface area contributed by atoms with Gasteiger partial charge in [0.2, 0.25) is 5.91 Å². The summed E-state index contributed by atoms with van der Waals surface area (Å²) in [5, 5.41) is 21.1. The minimum atomic E-state index is -1.31. The van der Waals surface area contributed by atoms with Crippen molar-refractivity contribution in [2.45, 2.75) is 6.42 Å². The summed E-state index contributed by atoms with van der Waals surface area (Å²) in [6.45, 7) is 0.0731. The molecule has 3 N–H and O–H groups in total. The van der Waals surface area contributed by atoms with E-state index in [2.05, 4.69) is 5.32 Å². The fraction of sp³-hybridized carbons (Fsp3) is 0.143. The lowest BCUT2D eigenvalue weighted by Crippen LogP contribution is -2.31. The smallest absolute Gasteiger partial charge is 0.339 e. The number of methoxy groups -OCH3 is 1. The molecule has 0 atom stereocenters. The maximum absolute atomic E-state index is 12.7. The van der Waals surface area contributed by atoms with E-state index in [1.165, 1.54) is 17.0 Å². The summed E-state index contributed by atoms with van der Waals surface area (Å²) in [5.74, 6) is -1.81. The van der Waals surface area contributed by atoms with E-state index in [1.54, 1.807) is 19.3 Å². The van der Waals surface area contributed by atoms with Gasteiger partial charge in [-0.25, -0.2) is 4.79 Å². The van der Waals surface area contributed by atoms with Crippen LogP contribution in [0.3, 0.4) is 0 Å². The van der Waals surface area contributed by atoms with Gasteiger partial charge in [-0.05, 0) is 30.3 Å². The number of rotatable bonds is 7. The zero-order chi connectivity index (χ0) is 22.5. The summed E-state index contributed by atoms with van der Waals surface area (Å²) in [5.41, 5.74) is 0.641. The van der Waals surface area contributed by atoms with Crippen LogP contribution in [-0.4, -0.2) is 50.9 Å². The van der Waals surface area contributed by atoms with Crippen molar-refractivity contribution in [3.05, 3.63) is 58.5 Å². The van der Waals surface area contributed by atoms with Crippen LogP contribution < -0.4 is 10.1 Å². The zero-order valence-electron chi connectivity index (χ0n) is 16.3. The van der Waals surface area contributed by atoms with Crippen LogP contribution in [0.4, 0.5) is 5.69 Å². The highest BCUT2D eigenvalue weighted by Crippen LogP contribution is 2.34. The van der Waals surface area contributed by atoms with Gasteiger partial charge in [-0.15, -0.1) is 0 Å². The Bertz CT molecular complexity index is 1100. The normalized spacial score (nSPS) is 14.7. The average molecular weight is 459 g/mol. The second-order valence-corrected chi connectivity index (χ2v) is 8.09. The van der Waals surface area contributed by atoms with Crippen molar-refractivity contribution < 1.29 is 29.3 Å². The number of benzene rings is 2. The quantitative estimate of drug-likeness (QED) is 0.329. The summed E-state index contributed by atoms with van der Waals surface area (Å²) < 4.78 is 5.64. The number of thiocarbonyl (C=S) groups is 1. The summed E-state index contributed by atoms with van der Waals surface area (Å²) in [4.78, 5) is 37.9. The molecule has 3 rings (SSSR count). The molecule has 1 fully saturated rings. The minimum absolute atomic E-state index is 0.0440. The van der Waals surface area contributed by atoms with Crippen LogP contribution in [-0.2, 0) is 9.59 Å². The van der Waals surface area contributed by atoms with Gasteiger partial charge in [-0.1, -0.05) is 42.2 Å². The predicted molar refractivity (Wildman–Crippen MR) is 121 cm³/mol. The number of para-hydroxylation sites is 1. The van der Waals surface area contributed by atoms with Gasteiger partial charge in [0, 0.05) is 24.2 Å². The maximum atomic E-state index is 12.7. The number of anilines is 1. The first-order chi connectivity index (χ1) is 14.8. The van der Waals surface area contributed by atoms with E-state index in [-0.39, 0.29) is 30.1 Å². The first-order valence-corrected chi connectivity index (χ1v) is 10.3. The summed E-state index contributed by atoms with van der Waals surface area (Å²) in [6.07, 6.45) is 1.65. The molecular formula is C21H18N2O6S2. The number of hydrogen-bond donors (Lipinski definition) is 3. The number of hydrogen-bond acceptors (Lipinski definition) is 7. The number of thioether (sulfide) groups is 1. The number of aromatic hydroxyl groups is 1. The Balaban J connectivity index is 1.64. The Morgan fingerprint density at radius 1 is 1.26 bits per heavy atom. The van der Waals surface area contributed by atoms with Crippen LogP contribution in [0, 0.1) is 0 Å². The molecular weight excluding hydrogens is 440 g/mol. The number of carbonyl (C=O) groups is 3. The Labute approximate surface area is 187 Å². The van der Waals surface area contributed by atoms with Crippen LogP contribution >= 0.6 is 24.0 Å². The van der Waals surface area contributed by atoms with Crippen molar-refractivity contribution in [2.24, 2.45) is 0 Å². The van der Waals surface area contributed by atoms with Crippen LogP contribution in [0.5, 0.6) is 11.5 Å². The van der Waals surface area contributed by atoms with E-state index in [0.717, 1.165) is 23.4 Å². The topological polar surface area (TPSA) is 116 Å². The molecule has 2 aromatic carbocycles. The lowest BCUT2D eigenvalue weighted by molar-refractivity contribution is -0.122. The number of phenols is 1. The van der Waals surface area contributed by atoms with E-state index in [9.17, 15) is 19.5 Å². The monoisotopic (exact) mass is 458 g/mol. The lowest BCUT2D eigenvalue weighted by Gasteiger charge is -2.14. The number of nitrogens with zero attached hydrogens (tertiary/aromatic N) is 1. The fourth-order valence-electron chi connectivity index (χ4n) is 2.84. The minimum Gasteiger partial charge on any atom is -0.507 e. The second kappa shape index (κ2) is 9.63. The lowest BCUT2D eigenvalue weighted by atomic mass is 10.1. The predicted octanol–water partition coefficient (Wildman–Crippen LogP) is 3.33. The third kappa shape index (κ3) is 5.22. The SMILES string of the molecule is COc1ccccc1C=C1SC(=S)N(CCC(=O)Nc2ccc(O)c(C(=O)O)c2)C1=O. The van der Waals surface area contributed by atoms with E-state index in [4.69, 9.17) is 22.1 Å². The molecule has 0 spiro atoms. The van der Waals surface area contributed by atoms with E-state index in [1.807, 2.05) is 18.2 Å². The van der Waals surface area contributed by atoms with Crippen molar-refractivity contribution in [3.8, 4) is 11.5 Å². The van der Waals surface area contributed by atoms with Gasteiger partial charge in [0.05, 0.1) is 12.0 Å². The highest BCUT2D eigenvalue weighted by Gasteiger charge is 2.32. The number of nitrogens with one attached hydrogen (secondary N) is 1. The molecule has 0 radical (unpaired) electrons. The van der Waals surface area contributed by atoms with Crippen LogP contribution in [0.25, 0.3) is 6.08 Å². The highest BCUT2D eigenvalue weighted by atomic mass is 32.2. The molecule has 8 nitrogen and oxygen atoms in total. The zero-order valence-corrected chi connectivity index (χ0v) is 18.0. The molecule has 2 amide bonds. The summed E-state index contributed by atoms with van der Waals surface area (Å²) in [6, 6.07) is 11.0. The molecule has 0 unspecified atom stereocenters. The third-order valence-corrected chi connectivity index (χ3v) is 5.75. The second-order valence-electron chi connectivity index (χ2n) is 6.41. The Hall–Kier alpha value is -3.37. The molecule has 10 heteroatoms. The van der Waals surface area contributed by atoms with Crippen molar-refractivity contribution in [1.82, 2.24) is 4.90 Å². The number of ether oxygens (including phenoxy) is 1. The molecule has 2 aromatic rings. The van der Waals surface area contributed by atoms with E-state index < -0.39 is 17.6 Å². The highest BCUT2D eigenvalue weighted by molar-refractivity contribution is 8.26. The van der Waals surface area contributed by atoms with E-state index in [0.29, 0.717) is 15.0 Å². The van der Waals surface area contributed by atoms with E-state index >= 15 is 0 Å². The summed E-state index contributed by atoms with van der Waals surface area (Å²) >= 11 is 6.43. The van der Waals surface area contributed by atoms with Crippen molar-refractivity contribution >= 4 is 57.8 Å². The standard InChI is InChI=1S/C21H18N2O6S2/c1-29-16-5-3-2-4-12(16)10-17-19(26)23(21(30)31-17)9-8-18(25)22-13-6-7-15(24)14(11-13)20(27)28/h2-7,10-11,24H,8-9H2,1H3,(H,22,25)(H,27,28). The molecule has 0 aliphatic carbocycles. The Kier molecular flexibility index (Phi) is 6.93. The average Bonchev–Trinajstić information content (AvgIpc) is 3.00. The number of carbonyl (C=O) groups excluding carboxylic acids is 2. The number of carboxylic acids is 1. The van der Waals surface area contributed by atoms with Gasteiger partial charge < -0.3 is 20.3 Å². The molecule has 1 aliphatic heterocycles. The first kappa shape index (κ1) is 22.3. The van der Waals surface area contributed by atoms with Crippen LogP contribution in [0.2, 0.25) is 0 Å².